The lowest BCUT2D eigenvalue weighted by molar-refractivity contribution is 0.517. The van der Waals surface area contributed by atoms with Crippen molar-refractivity contribution >= 4 is 0 Å². The predicted molar refractivity (Wildman–Crippen MR) is 58.9 cm³/mol. The summed E-state index contributed by atoms with van der Waals surface area (Å²) in [5.74, 6) is 0. The van der Waals surface area contributed by atoms with Gasteiger partial charge >= 0.3 is 0 Å². The molecule has 0 spiro atoms. The van der Waals surface area contributed by atoms with Gasteiger partial charge in [-0.15, -0.1) is 0 Å². The van der Waals surface area contributed by atoms with Crippen LogP contribution in [0.3, 0.4) is 0 Å². The molecule has 0 radical (unpaired) electrons. The third kappa shape index (κ3) is 3.16. The molecule has 1 aromatic rings. The molecule has 4 nitrogen and oxygen atoms in total. The fourth-order valence-corrected chi connectivity index (χ4v) is 1.53. The van der Waals surface area contributed by atoms with Gasteiger partial charge in [0.05, 0.1) is 5.69 Å². The van der Waals surface area contributed by atoms with Crippen LogP contribution in [0.15, 0.2) is 16.9 Å². The first-order valence-corrected chi connectivity index (χ1v) is 5.54. The fourth-order valence-electron chi connectivity index (χ4n) is 1.53. The second-order valence-corrected chi connectivity index (χ2v) is 4.12. The fraction of sp³-hybridized carbons (Fsp3) is 0.636. The summed E-state index contributed by atoms with van der Waals surface area (Å²) in [6.45, 7) is 3.59. The number of hydrogen-bond acceptors (Lipinski definition) is 3. The van der Waals surface area contributed by atoms with Crippen molar-refractivity contribution in [2.24, 2.45) is 0 Å². The molecule has 4 heteroatoms. The van der Waals surface area contributed by atoms with Gasteiger partial charge in [-0.25, -0.2) is 4.68 Å². The summed E-state index contributed by atoms with van der Waals surface area (Å²) in [7, 11) is 0. The summed E-state index contributed by atoms with van der Waals surface area (Å²) < 4.78 is 1.55. The number of aryl methyl sites for hydroxylation is 2. The molecule has 1 N–H and O–H groups in total. The highest BCUT2D eigenvalue weighted by Gasteiger charge is 2.19. The molecule has 1 heterocycles. The zero-order valence-electron chi connectivity index (χ0n) is 9.07. The van der Waals surface area contributed by atoms with Crippen molar-refractivity contribution in [2.75, 3.05) is 6.54 Å². The molecule has 0 bridgehead atoms. The first-order valence-electron chi connectivity index (χ1n) is 5.54. The Morgan fingerprint density at radius 1 is 1.53 bits per heavy atom. The highest BCUT2D eigenvalue weighted by molar-refractivity contribution is 4.96. The van der Waals surface area contributed by atoms with Crippen molar-refractivity contribution in [3.63, 3.8) is 0 Å². The van der Waals surface area contributed by atoms with E-state index in [1.807, 2.05) is 6.92 Å². The average molecular weight is 207 g/mol. The second kappa shape index (κ2) is 4.57. The normalized spacial score (nSPS) is 15.5. The minimum Gasteiger partial charge on any atom is -0.314 e. The van der Waals surface area contributed by atoms with E-state index in [4.69, 9.17) is 0 Å². The maximum atomic E-state index is 11.4. The molecule has 0 atom stereocenters. The first-order chi connectivity index (χ1) is 7.25. The summed E-state index contributed by atoms with van der Waals surface area (Å²) in [5, 5.41) is 7.60. The van der Waals surface area contributed by atoms with Crippen molar-refractivity contribution in [1.82, 2.24) is 15.1 Å². The van der Waals surface area contributed by atoms with E-state index in [1.165, 1.54) is 12.8 Å². The van der Waals surface area contributed by atoms with E-state index in [1.54, 1.807) is 16.8 Å². The van der Waals surface area contributed by atoms with Gasteiger partial charge in [-0.1, -0.05) is 0 Å². The number of rotatable bonds is 5. The Kier molecular flexibility index (Phi) is 3.16. The molecular weight excluding hydrogens is 190 g/mol. The number of hydrogen-bond donors (Lipinski definition) is 1. The van der Waals surface area contributed by atoms with Crippen LogP contribution in [-0.2, 0) is 6.54 Å². The number of nitrogens with zero attached hydrogens (tertiary/aromatic N) is 2. The van der Waals surface area contributed by atoms with Gasteiger partial charge in [0.1, 0.15) is 0 Å². The SMILES string of the molecule is Cc1ccc(=O)n(CCCNC2CC2)n1. The lowest BCUT2D eigenvalue weighted by Gasteiger charge is -2.05. The minimum atomic E-state index is -0.00739. The molecule has 1 aromatic heterocycles. The van der Waals surface area contributed by atoms with E-state index < -0.39 is 0 Å². The van der Waals surface area contributed by atoms with E-state index in [-0.39, 0.29) is 5.56 Å². The lowest BCUT2D eigenvalue weighted by atomic mass is 10.4. The van der Waals surface area contributed by atoms with E-state index in [2.05, 4.69) is 10.4 Å². The van der Waals surface area contributed by atoms with Gasteiger partial charge in [0, 0.05) is 18.7 Å². The molecule has 0 aromatic carbocycles. The van der Waals surface area contributed by atoms with Crippen molar-refractivity contribution in [3.8, 4) is 0 Å². The van der Waals surface area contributed by atoms with Gasteiger partial charge in [0.2, 0.25) is 0 Å². The number of aromatic nitrogens is 2. The van der Waals surface area contributed by atoms with Gasteiger partial charge in [-0.3, -0.25) is 4.79 Å². The van der Waals surface area contributed by atoms with Crippen LogP contribution in [0.2, 0.25) is 0 Å². The first kappa shape index (κ1) is 10.4. The van der Waals surface area contributed by atoms with Crippen LogP contribution >= 0.6 is 0 Å². The van der Waals surface area contributed by atoms with Crippen LogP contribution < -0.4 is 10.9 Å². The van der Waals surface area contributed by atoms with E-state index in [0.717, 1.165) is 24.7 Å². The summed E-state index contributed by atoms with van der Waals surface area (Å²) in [6.07, 6.45) is 3.58. The molecule has 0 saturated heterocycles. The Hall–Kier alpha value is -1.16. The van der Waals surface area contributed by atoms with Gasteiger partial charge in [-0.2, -0.15) is 5.10 Å². The third-order valence-corrected chi connectivity index (χ3v) is 2.56. The molecule has 82 valence electrons. The zero-order chi connectivity index (χ0) is 10.7. The van der Waals surface area contributed by atoms with Crippen molar-refractivity contribution in [1.29, 1.82) is 0 Å². The molecule has 1 aliphatic carbocycles. The maximum absolute atomic E-state index is 11.4. The Bertz CT molecular complexity index is 382. The Balaban J connectivity index is 1.81. The molecule has 0 unspecified atom stereocenters. The van der Waals surface area contributed by atoms with Crippen LogP contribution in [0, 0.1) is 6.92 Å². The summed E-state index contributed by atoms with van der Waals surface area (Å²) >= 11 is 0. The van der Waals surface area contributed by atoms with E-state index in [0.29, 0.717) is 6.54 Å². The molecule has 15 heavy (non-hydrogen) atoms. The Morgan fingerprint density at radius 2 is 2.33 bits per heavy atom. The maximum Gasteiger partial charge on any atom is 0.266 e. The largest absolute Gasteiger partial charge is 0.314 e. The monoisotopic (exact) mass is 207 g/mol. The van der Waals surface area contributed by atoms with Crippen LogP contribution in [0.25, 0.3) is 0 Å². The minimum absolute atomic E-state index is 0.00739. The highest BCUT2D eigenvalue weighted by Crippen LogP contribution is 2.18. The highest BCUT2D eigenvalue weighted by atomic mass is 16.1. The van der Waals surface area contributed by atoms with E-state index in [9.17, 15) is 4.79 Å². The number of nitrogens with one attached hydrogen (secondary N) is 1. The van der Waals surface area contributed by atoms with Gasteiger partial charge < -0.3 is 5.32 Å². The molecule has 1 saturated carbocycles. The standard InChI is InChI=1S/C11H17N3O/c1-9-3-6-11(15)14(13-9)8-2-7-12-10-4-5-10/h3,6,10,12H,2,4-5,7-8H2,1H3. The Labute approximate surface area is 89.3 Å². The van der Waals surface area contributed by atoms with Gasteiger partial charge in [-0.05, 0) is 38.8 Å². The lowest BCUT2D eigenvalue weighted by Crippen LogP contribution is -2.25. The molecule has 0 aliphatic heterocycles. The van der Waals surface area contributed by atoms with Crippen molar-refractivity contribution in [3.05, 3.63) is 28.2 Å². The van der Waals surface area contributed by atoms with E-state index >= 15 is 0 Å². The molecule has 1 aliphatic rings. The molecule has 0 amide bonds. The summed E-state index contributed by atoms with van der Waals surface area (Å²) in [6, 6.07) is 4.07. The Morgan fingerprint density at radius 3 is 3.07 bits per heavy atom. The van der Waals surface area contributed by atoms with Crippen molar-refractivity contribution in [2.45, 2.75) is 38.8 Å². The predicted octanol–water partition coefficient (Wildman–Crippen LogP) is 0.694. The molecular formula is C11H17N3O. The smallest absolute Gasteiger partial charge is 0.266 e. The topological polar surface area (TPSA) is 46.9 Å². The van der Waals surface area contributed by atoms with Gasteiger partial charge in [0.15, 0.2) is 0 Å². The second-order valence-electron chi connectivity index (χ2n) is 4.12. The molecule has 2 rings (SSSR count). The van der Waals surface area contributed by atoms with Crippen LogP contribution in [-0.4, -0.2) is 22.4 Å². The average Bonchev–Trinajstić information content (AvgIpc) is 3.01. The van der Waals surface area contributed by atoms with Crippen molar-refractivity contribution < 1.29 is 0 Å². The quantitative estimate of drug-likeness (QED) is 0.723. The zero-order valence-corrected chi connectivity index (χ0v) is 9.07. The van der Waals surface area contributed by atoms with Crippen LogP contribution in [0.5, 0.6) is 0 Å². The van der Waals surface area contributed by atoms with Crippen LogP contribution in [0.1, 0.15) is 25.0 Å². The van der Waals surface area contributed by atoms with Crippen LogP contribution in [0.4, 0.5) is 0 Å². The van der Waals surface area contributed by atoms with Gasteiger partial charge in [0.25, 0.3) is 5.56 Å². The summed E-state index contributed by atoms with van der Waals surface area (Å²) in [4.78, 5) is 11.4. The third-order valence-electron chi connectivity index (χ3n) is 2.56. The molecule has 1 fully saturated rings. The summed E-state index contributed by atoms with van der Waals surface area (Å²) in [5.41, 5.74) is 0.886.